The minimum Gasteiger partial charge on any atom is -0.467 e. The van der Waals surface area contributed by atoms with Gasteiger partial charge in [0.25, 0.3) is 0 Å². The minimum absolute atomic E-state index is 0.177. The van der Waals surface area contributed by atoms with Crippen LogP contribution in [0.15, 0.2) is 54.6 Å². The number of amides is 1. The van der Waals surface area contributed by atoms with E-state index in [4.69, 9.17) is 21.1 Å². The van der Waals surface area contributed by atoms with E-state index in [1.807, 2.05) is 54.6 Å². The number of alkyl carbamates (subject to hydrolysis) is 1. The number of hydrogen-bond acceptors (Lipinski definition) is 4. The van der Waals surface area contributed by atoms with Crippen molar-refractivity contribution < 1.29 is 19.1 Å². The van der Waals surface area contributed by atoms with Crippen LogP contribution in [0.25, 0.3) is 0 Å². The Morgan fingerprint density at radius 1 is 1.10 bits per heavy atom. The van der Waals surface area contributed by atoms with Crippen molar-refractivity contribution in [2.75, 3.05) is 7.11 Å². The van der Waals surface area contributed by atoms with Gasteiger partial charge in [-0.3, -0.25) is 0 Å². The summed E-state index contributed by atoms with van der Waals surface area (Å²) in [5, 5.41) is 3.39. The molecule has 2 unspecified atom stereocenters. The van der Waals surface area contributed by atoms with Crippen molar-refractivity contribution >= 4 is 23.7 Å². The van der Waals surface area contributed by atoms with Gasteiger partial charge in [-0.15, -0.1) is 0 Å². The zero-order valence-electron chi connectivity index (χ0n) is 16.5. The molecule has 0 aromatic heterocycles. The molecule has 0 saturated heterocycles. The first-order valence-electron chi connectivity index (χ1n) is 9.88. The Hall–Kier alpha value is -2.53. The Balaban J connectivity index is 1.59. The van der Waals surface area contributed by atoms with E-state index in [1.54, 1.807) is 0 Å². The summed E-state index contributed by atoms with van der Waals surface area (Å²) in [6.45, 7) is 0. The lowest BCUT2D eigenvalue weighted by molar-refractivity contribution is -0.143. The summed E-state index contributed by atoms with van der Waals surface area (Å²) in [6.07, 6.45) is 3.22. The number of rotatable bonds is 7. The molecule has 0 radical (unpaired) electrons. The van der Waals surface area contributed by atoms with Crippen LogP contribution in [0.5, 0.6) is 0 Å². The van der Waals surface area contributed by atoms with Gasteiger partial charge < -0.3 is 14.8 Å². The van der Waals surface area contributed by atoms with E-state index in [-0.39, 0.29) is 12.0 Å². The Morgan fingerprint density at radius 2 is 1.86 bits per heavy atom. The molecular weight excluding hydrogens is 390 g/mol. The van der Waals surface area contributed by atoms with Gasteiger partial charge in [0.05, 0.1) is 7.11 Å². The van der Waals surface area contributed by atoms with Crippen LogP contribution in [0.4, 0.5) is 4.79 Å². The van der Waals surface area contributed by atoms with Gasteiger partial charge in [-0.1, -0.05) is 54.1 Å². The predicted molar refractivity (Wildman–Crippen MR) is 112 cm³/mol. The molecule has 5 nitrogen and oxygen atoms in total. The van der Waals surface area contributed by atoms with Crippen LogP contribution in [-0.4, -0.2) is 31.3 Å². The van der Waals surface area contributed by atoms with Gasteiger partial charge in [-0.05, 0) is 48.9 Å². The number of ether oxygens (including phenoxy) is 2. The minimum atomic E-state index is -0.789. The maximum atomic E-state index is 12.5. The summed E-state index contributed by atoms with van der Waals surface area (Å²) in [5.74, 6) is -0.252. The Kier molecular flexibility index (Phi) is 7.53. The number of carbonyl (C=O) groups is 2. The maximum absolute atomic E-state index is 12.5. The third kappa shape index (κ3) is 6.23. The van der Waals surface area contributed by atoms with Crippen LogP contribution in [0.2, 0.25) is 5.02 Å². The molecule has 1 amide bonds. The molecular formula is C23H26ClNO4. The first-order chi connectivity index (χ1) is 14.0. The molecule has 154 valence electrons. The molecule has 1 N–H and O–H groups in total. The van der Waals surface area contributed by atoms with Crippen molar-refractivity contribution in [3.63, 3.8) is 0 Å². The van der Waals surface area contributed by atoms with Gasteiger partial charge in [0.15, 0.2) is 0 Å². The van der Waals surface area contributed by atoms with E-state index in [1.165, 1.54) is 7.11 Å². The van der Waals surface area contributed by atoms with Crippen LogP contribution < -0.4 is 5.32 Å². The fraction of sp³-hybridized carbons (Fsp3) is 0.391. The second-order valence-electron chi connectivity index (χ2n) is 7.38. The van der Waals surface area contributed by atoms with E-state index in [0.29, 0.717) is 11.4 Å². The molecule has 29 heavy (non-hydrogen) atoms. The SMILES string of the molecule is COC(=O)[C@H](Cc1ccccc1)NC(=O)OC1CCCC1Cc1cccc(Cl)c1. The van der Waals surface area contributed by atoms with Crippen molar-refractivity contribution in [1.82, 2.24) is 5.32 Å². The van der Waals surface area contributed by atoms with Gasteiger partial charge in [0.1, 0.15) is 12.1 Å². The van der Waals surface area contributed by atoms with Gasteiger partial charge in [-0.2, -0.15) is 0 Å². The molecule has 1 saturated carbocycles. The molecule has 0 spiro atoms. The van der Waals surface area contributed by atoms with E-state index in [2.05, 4.69) is 5.32 Å². The van der Waals surface area contributed by atoms with Crippen molar-refractivity contribution in [3.05, 3.63) is 70.7 Å². The lowest BCUT2D eigenvalue weighted by Crippen LogP contribution is -2.44. The molecule has 1 aliphatic rings. The van der Waals surface area contributed by atoms with E-state index in [9.17, 15) is 9.59 Å². The molecule has 3 rings (SSSR count). The molecule has 2 aromatic carbocycles. The number of carbonyl (C=O) groups excluding carboxylic acids is 2. The largest absolute Gasteiger partial charge is 0.467 e. The molecule has 0 bridgehead atoms. The van der Waals surface area contributed by atoms with Crippen molar-refractivity contribution in [2.24, 2.45) is 5.92 Å². The highest BCUT2D eigenvalue weighted by atomic mass is 35.5. The highest BCUT2D eigenvalue weighted by Crippen LogP contribution is 2.31. The van der Waals surface area contributed by atoms with Gasteiger partial charge >= 0.3 is 12.1 Å². The second kappa shape index (κ2) is 10.3. The standard InChI is InChI=1S/C23H26ClNO4/c1-28-22(26)20(15-16-7-3-2-4-8-16)25-23(27)29-21-12-6-10-18(21)13-17-9-5-11-19(24)14-17/h2-5,7-9,11,14,18,20-21H,6,10,12-13,15H2,1H3,(H,25,27)/t18?,20-,21?/m0/s1. The zero-order chi connectivity index (χ0) is 20.6. The predicted octanol–water partition coefficient (Wildman–Crippen LogP) is 4.56. The van der Waals surface area contributed by atoms with Crippen molar-refractivity contribution in [1.29, 1.82) is 0 Å². The summed E-state index contributed by atoms with van der Waals surface area (Å²) in [6, 6.07) is 16.5. The monoisotopic (exact) mass is 415 g/mol. The second-order valence-corrected chi connectivity index (χ2v) is 7.82. The van der Waals surface area contributed by atoms with Gasteiger partial charge in [0.2, 0.25) is 0 Å². The molecule has 1 fully saturated rings. The number of esters is 1. The first kappa shape index (κ1) is 21.2. The lowest BCUT2D eigenvalue weighted by Gasteiger charge is -2.22. The van der Waals surface area contributed by atoms with Gasteiger partial charge in [0, 0.05) is 17.4 Å². The lowest BCUT2D eigenvalue weighted by atomic mass is 9.96. The third-order valence-corrected chi connectivity index (χ3v) is 5.53. The number of benzene rings is 2. The Labute approximate surface area is 176 Å². The van der Waals surface area contributed by atoms with Crippen LogP contribution >= 0.6 is 11.6 Å². The number of nitrogens with one attached hydrogen (secondary N) is 1. The molecule has 3 atom stereocenters. The quantitative estimate of drug-likeness (QED) is 0.673. The van der Waals surface area contributed by atoms with E-state index >= 15 is 0 Å². The van der Waals surface area contributed by atoms with Crippen molar-refractivity contribution in [2.45, 2.75) is 44.2 Å². The first-order valence-corrected chi connectivity index (χ1v) is 10.3. The summed E-state index contributed by atoms with van der Waals surface area (Å²) >= 11 is 6.08. The Morgan fingerprint density at radius 3 is 2.59 bits per heavy atom. The summed E-state index contributed by atoms with van der Waals surface area (Å²) < 4.78 is 10.5. The number of hydrogen-bond donors (Lipinski definition) is 1. The fourth-order valence-corrected chi connectivity index (χ4v) is 4.07. The van der Waals surface area contributed by atoms with Crippen LogP contribution in [0.3, 0.4) is 0 Å². The van der Waals surface area contributed by atoms with E-state index < -0.39 is 18.1 Å². The number of halogens is 1. The highest BCUT2D eigenvalue weighted by Gasteiger charge is 2.32. The molecule has 6 heteroatoms. The zero-order valence-corrected chi connectivity index (χ0v) is 17.2. The van der Waals surface area contributed by atoms with Crippen LogP contribution in [-0.2, 0) is 27.1 Å². The maximum Gasteiger partial charge on any atom is 0.408 e. The average molecular weight is 416 g/mol. The van der Waals surface area contributed by atoms with Gasteiger partial charge in [-0.25, -0.2) is 9.59 Å². The molecule has 0 heterocycles. The molecule has 2 aromatic rings. The Bertz CT molecular complexity index is 827. The average Bonchev–Trinajstić information content (AvgIpc) is 3.14. The molecule has 0 aliphatic heterocycles. The van der Waals surface area contributed by atoms with Crippen LogP contribution in [0.1, 0.15) is 30.4 Å². The number of methoxy groups -OCH3 is 1. The molecule has 1 aliphatic carbocycles. The smallest absolute Gasteiger partial charge is 0.408 e. The fourth-order valence-electron chi connectivity index (χ4n) is 3.86. The van der Waals surface area contributed by atoms with E-state index in [0.717, 1.165) is 36.8 Å². The highest BCUT2D eigenvalue weighted by molar-refractivity contribution is 6.30. The summed E-state index contributed by atoms with van der Waals surface area (Å²) in [7, 11) is 1.31. The van der Waals surface area contributed by atoms with Crippen LogP contribution in [0, 0.1) is 5.92 Å². The topological polar surface area (TPSA) is 64.6 Å². The van der Waals surface area contributed by atoms with Crippen molar-refractivity contribution in [3.8, 4) is 0 Å². The summed E-state index contributed by atoms with van der Waals surface area (Å²) in [5.41, 5.74) is 2.07. The summed E-state index contributed by atoms with van der Waals surface area (Å²) in [4.78, 5) is 24.6. The normalized spacial score (nSPS) is 19.4. The third-order valence-electron chi connectivity index (χ3n) is 5.30.